The number of amides is 1. The summed E-state index contributed by atoms with van der Waals surface area (Å²) < 4.78 is 7.21. The molecule has 1 aliphatic heterocycles. The number of hydrogen-bond donors (Lipinski definition) is 0. The molecule has 0 atom stereocenters. The van der Waals surface area contributed by atoms with Gasteiger partial charge in [0.1, 0.15) is 5.75 Å². The van der Waals surface area contributed by atoms with Crippen LogP contribution < -0.4 is 4.74 Å². The van der Waals surface area contributed by atoms with E-state index in [4.69, 9.17) is 16.3 Å². The molecule has 6 heteroatoms. The summed E-state index contributed by atoms with van der Waals surface area (Å²) in [6.45, 7) is 7.29. The molecular formula is C24H26ClN3O2. The van der Waals surface area contributed by atoms with E-state index >= 15 is 0 Å². The fourth-order valence-corrected chi connectivity index (χ4v) is 4.21. The topological polar surface area (TPSA) is 47.4 Å². The van der Waals surface area contributed by atoms with Crippen LogP contribution in [-0.4, -0.2) is 34.2 Å². The number of rotatable bonds is 4. The number of aromatic nitrogens is 2. The van der Waals surface area contributed by atoms with Crippen molar-refractivity contribution in [3.05, 3.63) is 75.1 Å². The first-order chi connectivity index (χ1) is 14.4. The lowest BCUT2D eigenvalue weighted by Gasteiger charge is -2.29. The number of aryl methyl sites for hydroxylation is 2. The van der Waals surface area contributed by atoms with Gasteiger partial charge in [0, 0.05) is 29.4 Å². The van der Waals surface area contributed by atoms with Crippen molar-refractivity contribution in [2.75, 3.05) is 13.7 Å². The summed E-state index contributed by atoms with van der Waals surface area (Å²) >= 11 is 6.30. The van der Waals surface area contributed by atoms with Gasteiger partial charge < -0.3 is 9.64 Å². The number of fused-ring (bicyclic) bond motifs is 1. The van der Waals surface area contributed by atoms with Crippen molar-refractivity contribution >= 4 is 17.5 Å². The van der Waals surface area contributed by atoms with Gasteiger partial charge in [0.25, 0.3) is 0 Å². The number of nitrogens with zero attached hydrogens (tertiary/aromatic N) is 3. The Morgan fingerprint density at radius 1 is 1.13 bits per heavy atom. The highest BCUT2D eigenvalue weighted by Crippen LogP contribution is 2.26. The Morgan fingerprint density at radius 3 is 2.67 bits per heavy atom. The summed E-state index contributed by atoms with van der Waals surface area (Å²) in [6.07, 6.45) is 1.21. The Balaban J connectivity index is 1.55. The molecule has 0 bridgehead atoms. The molecule has 3 aromatic rings. The molecule has 1 amide bonds. The van der Waals surface area contributed by atoms with Crippen molar-refractivity contribution < 1.29 is 9.53 Å². The van der Waals surface area contributed by atoms with Crippen LogP contribution in [0.25, 0.3) is 5.69 Å². The van der Waals surface area contributed by atoms with E-state index in [1.807, 2.05) is 60.7 Å². The van der Waals surface area contributed by atoms with Gasteiger partial charge in [0.2, 0.25) is 5.91 Å². The van der Waals surface area contributed by atoms with Crippen LogP contribution in [0.15, 0.2) is 36.4 Å². The second-order valence-corrected chi connectivity index (χ2v) is 8.28. The maximum atomic E-state index is 13.1. The van der Waals surface area contributed by atoms with Gasteiger partial charge in [-0.05, 0) is 68.1 Å². The van der Waals surface area contributed by atoms with E-state index in [9.17, 15) is 4.79 Å². The molecule has 2 aromatic carbocycles. The van der Waals surface area contributed by atoms with Crippen LogP contribution in [0, 0.1) is 20.8 Å². The van der Waals surface area contributed by atoms with Gasteiger partial charge >= 0.3 is 0 Å². The van der Waals surface area contributed by atoms with Crippen LogP contribution in [0.1, 0.15) is 33.6 Å². The van der Waals surface area contributed by atoms with Crippen molar-refractivity contribution in [2.24, 2.45) is 0 Å². The highest BCUT2D eigenvalue weighted by atomic mass is 35.5. The third-order valence-electron chi connectivity index (χ3n) is 5.95. The third-order valence-corrected chi connectivity index (χ3v) is 6.35. The van der Waals surface area contributed by atoms with Gasteiger partial charge in [0.05, 0.1) is 24.9 Å². The molecule has 0 saturated heterocycles. The molecule has 0 saturated carbocycles. The van der Waals surface area contributed by atoms with Crippen LogP contribution in [-0.2, 0) is 24.2 Å². The summed E-state index contributed by atoms with van der Waals surface area (Å²) in [6, 6.07) is 12.0. The number of methoxy groups -OCH3 is 1. The monoisotopic (exact) mass is 423 g/mol. The number of halogens is 1. The van der Waals surface area contributed by atoms with Crippen LogP contribution in [0.4, 0.5) is 0 Å². The zero-order chi connectivity index (χ0) is 21.4. The van der Waals surface area contributed by atoms with E-state index in [0.29, 0.717) is 18.0 Å². The van der Waals surface area contributed by atoms with E-state index in [1.54, 1.807) is 7.11 Å². The van der Waals surface area contributed by atoms with Crippen molar-refractivity contribution in [3.8, 4) is 11.4 Å². The smallest absolute Gasteiger partial charge is 0.227 e. The molecule has 2 heterocycles. The van der Waals surface area contributed by atoms with Gasteiger partial charge in [0.15, 0.2) is 0 Å². The molecular weight excluding hydrogens is 398 g/mol. The van der Waals surface area contributed by atoms with Crippen LogP contribution in [0.5, 0.6) is 5.75 Å². The molecule has 0 spiro atoms. The minimum Gasteiger partial charge on any atom is -0.497 e. The summed E-state index contributed by atoms with van der Waals surface area (Å²) in [5, 5.41) is 5.39. The SMILES string of the molecule is COc1ccc2c(c1)CN(C(=O)Cc1c(C)nn(-c3ccc(C)c(Cl)c3)c1C)CC2. The third kappa shape index (κ3) is 3.82. The Bertz CT molecular complexity index is 1120. The quantitative estimate of drug-likeness (QED) is 0.616. The Kier molecular flexibility index (Phi) is 5.56. The van der Waals surface area contributed by atoms with Gasteiger partial charge in [-0.3, -0.25) is 4.79 Å². The summed E-state index contributed by atoms with van der Waals surface area (Å²) in [4.78, 5) is 15.0. The molecule has 156 valence electrons. The van der Waals surface area contributed by atoms with Crippen molar-refractivity contribution in [1.82, 2.24) is 14.7 Å². The lowest BCUT2D eigenvalue weighted by Crippen LogP contribution is -2.37. The number of hydrogen-bond acceptors (Lipinski definition) is 3. The maximum absolute atomic E-state index is 13.1. The molecule has 5 nitrogen and oxygen atoms in total. The fourth-order valence-electron chi connectivity index (χ4n) is 4.03. The van der Waals surface area contributed by atoms with Gasteiger partial charge in [-0.15, -0.1) is 0 Å². The maximum Gasteiger partial charge on any atom is 0.227 e. The average Bonchev–Trinajstić information content (AvgIpc) is 3.03. The van der Waals surface area contributed by atoms with Crippen molar-refractivity contribution in [3.63, 3.8) is 0 Å². The van der Waals surface area contributed by atoms with E-state index in [1.165, 1.54) is 5.56 Å². The first-order valence-electron chi connectivity index (χ1n) is 10.1. The predicted octanol–water partition coefficient (Wildman–Crippen LogP) is 4.59. The lowest BCUT2D eigenvalue weighted by atomic mass is 9.98. The van der Waals surface area contributed by atoms with E-state index < -0.39 is 0 Å². The summed E-state index contributed by atoms with van der Waals surface area (Å²) in [7, 11) is 1.66. The number of benzene rings is 2. The molecule has 30 heavy (non-hydrogen) atoms. The molecule has 0 aliphatic carbocycles. The molecule has 1 aliphatic rings. The average molecular weight is 424 g/mol. The minimum absolute atomic E-state index is 0.121. The van der Waals surface area contributed by atoms with Crippen molar-refractivity contribution in [2.45, 2.75) is 40.2 Å². The van der Waals surface area contributed by atoms with E-state index in [2.05, 4.69) is 11.2 Å². The van der Waals surface area contributed by atoms with Crippen LogP contribution >= 0.6 is 11.6 Å². The minimum atomic E-state index is 0.121. The Morgan fingerprint density at radius 2 is 1.93 bits per heavy atom. The summed E-state index contributed by atoms with van der Waals surface area (Å²) in [5.74, 6) is 0.948. The van der Waals surface area contributed by atoms with Crippen molar-refractivity contribution in [1.29, 1.82) is 0 Å². The molecule has 4 rings (SSSR count). The second-order valence-electron chi connectivity index (χ2n) is 7.87. The first kappa shape index (κ1) is 20.5. The normalized spacial score (nSPS) is 13.3. The summed E-state index contributed by atoms with van der Waals surface area (Å²) in [5.41, 5.74) is 7.21. The Hall–Kier alpha value is -2.79. The van der Waals surface area contributed by atoms with E-state index in [0.717, 1.165) is 52.5 Å². The van der Waals surface area contributed by atoms with Gasteiger partial charge in [-0.1, -0.05) is 23.7 Å². The molecule has 1 aromatic heterocycles. The highest BCUT2D eigenvalue weighted by molar-refractivity contribution is 6.31. The van der Waals surface area contributed by atoms with Crippen LogP contribution in [0.2, 0.25) is 5.02 Å². The molecule has 0 unspecified atom stereocenters. The van der Waals surface area contributed by atoms with Gasteiger partial charge in [-0.25, -0.2) is 4.68 Å². The number of carbonyl (C=O) groups is 1. The number of ether oxygens (including phenoxy) is 1. The van der Waals surface area contributed by atoms with Gasteiger partial charge in [-0.2, -0.15) is 5.10 Å². The number of carbonyl (C=O) groups excluding carboxylic acids is 1. The zero-order valence-electron chi connectivity index (χ0n) is 17.8. The van der Waals surface area contributed by atoms with E-state index in [-0.39, 0.29) is 5.91 Å². The molecule has 0 radical (unpaired) electrons. The van der Waals surface area contributed by atoms with Crippen LogP contribution in [0.3, 0.4) is 0 Å². The zero-order valence-corrected chi connectivity index (χ0v) is 18.6. The predicted molar refractivity (Wildman–Crippen MR) is 119 cm³/mol. The first-order valence-corrected chi connectivity index (χ1v) is 10.5. The standard InChI is InChI=1S/C24H26ClN3O2/c1-15-5-7-20(12-23(15)25)28-17(3)22(16(2)26-28)13-24(29)27-10-9-18-6-8-21(30-4)11-19(18)14-27/h5-8,11-12H,9-10,13-14H2,1-4H3. The molecule has 0 fully saturated rings. The largest absolute Gasteiger partial charge is 0.497 e. The highest BCUT2D eigenvalue weighted by Gasteiger charge is 2.24. The molecule has 0 N–H and O–H groups in total. The second kappa shape index (κ2) is 8.15. The lowest BCUT2D eigenvalue weighted by molar-refractivity contribution is -0.131. The fraction of sp³-hybridized carbons (Fsp3) is 0.333. The Labute approximate surface area is 182 Å².